The third kappa shape index (κ3) is 8.14. The standard InChI is InChI=1S/C25H25BrN6O7S/c1-35-19-10-6-7-11-20(19)39-21-22(32-40(33,34)29-14-17-8-4-3-5-9-17)30-25(36-2)31-23(21)37-12-13-38-24-27-15-18(26)16-28-24/h3-11,15-16,29H,12-14H2,1-2H3,(H,30,31,32). The zero-order valence-electron chi connectivity index (χ0n) is 21.4. The minimum absolute atomic E-state index is 0.0275. The number of hydrogen-bond acceptors (Lipinski definition) is 11. The van der Waals surface area contributed by atoms with E-state index >= 15 is 0 Å². The highest BCUT2D eigenvalue weighted by molar-refractivity contribution is 9.10. The van der Waals surface area contributed by atoms with Gasteiger partial charge < -0.3 is 23.7 Å². The summed E-state index contributed by atoms with van der Waals surface area (Å²) >= 11 is 3.26. The molecule has 40 heavy (non-hydrogen) atoms. The Morgan fingerprint density at radius 3 is 2.20 bits per heavy atom. The van der Waals surface area contributed by atoms with Crippen molar-refractivity contribution in [2.75, 3.05) is 32.2 Å². The molecule has 0 aliphatic rings. The first-order valence-corrected chi connectivity index (χ1v) is 14.0. The predicted molar refractivity (Wildman–Crippen MR) is 148 cm³/mol. The lowest BCUT2D eigenvalue weighted by Crippen LogP contribution is -2.30. The van der Waals surface area contributed by atoms with Crippen LogP contribution in [-0.4, -0.2) is 55.8 Å². The number of para-hydroxylation sites is 2. The van der Waals surface area contributed by atoms with E-state index in [0.717, 1.165) is 5.56 Å². The minimum atomic E-state index is -4.13. The van der Waals surface area contributed by atoms with Gasteiger partial charge in [0.25, 0.3) is 5.88 Å². The zero-order valence-corrected chi connectivity index (χ0v) is 23.8. The number of benzene rings is 2. The number of rotatable bonds is 14. The van der Waals surface area contributed by atoms with Crippen LogP contribution in [0.1, 0.15) is 5.56 Å². The van der Waals surface area contributed by atoms with Crippen LogP contribution in [0.25, 0.3) is 0 Å². The van der Waals surface area contributed by atoms with Crippen molar-refractivity contribution >= 4 is 32.0 Å². The van der Waals surface area contributed by atoms with Gasteiger partial charge in [-0.2, -0.15) is 23.1 Å². The molecule has 0 amide bonds. The number of hydrogen-bond donors (Lipinski definition) is 2. The van der Waals surface area contributed by atoms with E-state index in [1.165, 1.54) is 14.2 Å². The molecule has 0 aliphatic heterocycles. The van der Waals surface area contributed by atoms with Crippen LogP contribution in [-0.2, 0) is 16.8 Å². The van der Waals surface area contributed by atoms with Gasteiger partial charge in [-0.05, 0) is 33.6 Å². The Kier molecular flexibility index (Phi) is 9.88. The van der Waals surface area contributed by atoms with Crippen LogP contribution in [0.4, 0.5) is 5.82 Å². The summed E-state index contributed by atoms with van der Waals surface area (Å²) in [4.78, 5) is 16.4. The number of ether oxygens (including phenoxy) is 5. The molecule has 0 bridgehead atoms. The Morgan fingerprint density at radius 1 is 0.825 bits per heavy atom. The van der Waals surface area contributed by atoms with Crippen molar-refractivity contribution in [2.24, 2.45) is 0 Å². The summed E-state index contributed by atoms with van der Waals surface area (Å²) in [7, 11) is -1.32. The fourth-order valence-corrected chi connectivity index (χ4v) is 4.18. The van der Waals surface area contributed by atoms with Crippen LogP contribution in [0.2, 0.25) is 0 Å². The van der Waals surface area contributed by atoms with E-state index in [-0.39, 0.29) is 55.0 Å². The first-order valence-electron chi connectivity index (χ1n) is 11.7. The summed E-state index contributed by atoms with van der Waals surface area (Å²) in [6.07, 6.45) is 3.09. The molecular formula is C25H25BrN6O7S. The van der Waals surface area contributed by atoms with Crippen LogP contribution in [0.15, 0.2) is 71.5 Å². The number of methoxy groups -OCH3 is 2. The van der Waals surface area contributed by atoms with Gasteiger partial charge in [-0.1, -0.05) is 42.5 Å². The van der Waals surface area contributed by atoms with Gasteiger partial charge in [0, 0.05) is 18.9 Å². The SMILES string of the molecule is COc1nc(NS(=O)(=O)NCc2ccccc2)c(Oc2ccccc2OC)c(OCCOc2ncc(Br)cn2)n1. The van der Waals surface area contributed by atoms with Crippen molar-refractivity contribution in [2.45, 2.75) is 6.54 Å². The molecule has 0 unspecified atom stereocenters. The van der Waals surface area contributed by atoms with Gasteiger partial charge in [-0.3, -0.25) is 4.72 Å². The Bertz CT molecular complexity index is 1510. The fourth-order valence-electron chi connectivity index (χ4n) is 3.16. The first-order chi connectivity index (χ1) is 19.4. The second kappa shape index (κ2) is 13.7. The Labute approximate surface area is 239 Å². The molecule has 2 heterocycles. The topological polar surface area (TPSA) is 156 Å². The maximum Gasteiger partial charge on any atom is 0.321 e. The molecule has 2 N–H and O–H groups in total. The summed E-state index contributed by atoms with van der Waals surface area (Å²) in [5.74, 6) is 0.177. The van der Waals surface area contributed by atoms with Crippen LogP contribution < -0.4 is 33.1 Å². The Balaban J connectivity index is 1.60. The number of nitrogens with zero attached hydrogens (tertiary/aromatic N) is 4. The summed E-state index contributed by atoms with van der Waals surface area (Å²) in [5.41, 5.74) is 0.761. The second-order valence-corrected chi connectivity index (χ2v) is 10.2. The van der Waals surface area contributed by atoms with Gasteiger partial charge in [0.15, 0.2) is 17.3 Å². The van der Waals surface area contributed by atoms with Gasteiger partial charge >= 0.3 is 22.2 Å². The molecule has 0 aliphatic carbocycles. The smallest absolute Gasteiger partial charge is 0.321 e. The third-order valence-corrected chi connectivity index (χ3v) is 6.36. The van der Waals surface area contributed by atoms with E-state index in [4.69, 9.17) is 23.7 Å². The molecule has 13 nitrogen and oxygen atoms in total. The van der Waals surface area contributed by atoms with Crippen molar-refractivity contribution < 1.29 is 32.1 Å². The lowest BCUT2D eigenvalue weighted by atomic mass is 10.2. The molecule has 0 saturated heterocycles. The van der Waals surface area contributed by atoms with Crippen molar-refractivity contribution in [3.8, 4) is 35.1 Å². The molecule has 0 spiro atoms. The van der Waals surface area contributed by atoms with E-state index < -0.39 is 10.2 Å². The molecule has 2 aromatic carbocycles. The average Bonchev–Trinajstić information content (AvgIpc) is 2.97. The average molecular weight is 633 g/mol. The highest BCUT2D eigenvalue weighted by Crippen LogP contribution is 2.41. The molecule has 4 rings (SSSR count). The molecule has 4 aromatic rings. The van der Waals surface area contributed by atoms with Crippen molar-refractivity contribution in [3.63, 3.8) is 0 Å². The number of anilines is 1. The Morgan fingerprint density at radius 2 is 1.50 bits per heavy atom. The van der Waals surface area contributed by atoms with Crippen molar-refractivity contribution in [1.82, 2.24) is 24.7 Å². The van der Waals surface area contributed by atoms with E-state index in [0.29, 0.717) is 10.2 Å². The molecule has 0 fully saturated rings. The van der Waals surface area contributed by atoms with Crippen molar-refractivity contribution in [1.29, 1.82) is 0 Å². The summed E-state index contributed by atoms with van der Waals surface area (Å²) in [6.45, 7) is 0.0575. The summed E-state index contributed by atoms with van der Waals surface area (Å²) in [6, 6.07) is 15.8. The quantitative estimate of drug-likeness (QED) is 0.195. The summed E-state index contributed by atoms with van der Waals surface area (Å²) < 4.78 is 59.4. The maximum atomic E-state index is 13.0. The lowest BCUT2D eigenvalue weighted by Gasteiger charge is -2.18. The second-order valence-electron chi connectivity index (χ2n) is 7.74. The first kappa shape index (κ1) is 28.8. The predicted octanol–water partition coefficient (Wildman–Crippen LogP) is 3.74. The largest absolute Gasteiger partial charge is 0.493 e. The minimum Gasteiger partial charge on any atom is -0.493 e. The molecule has 15 heteroatoms. The molecule has 2 aromatic heterocycles. The fraction of sp³-hybridized carbons (Fsp3) is 0.200. The van der Waals surface area contributed by atoms with Crippen LogP contribution in [0.3, 0.4) is 0 Å². The van der Waals surface area contributed by atoms with Gasteiger partial charge in [-0.15, -0.1) is 0 Å². The summed E-state index contributed by atoms with van der Waals surface area (Å²) in [5, 5.41) is 0. The third-order valence-electron chi connectivity index (χ3n) is 4.97. The highest BCUT2D eigenvalue weighted by atomic mass is 79.9. The van der Waals surface area contributed by atoms with E-state index in [2.05, 4.69) is 45.3 Å². The highest BCUT2D eigenvalue weighted by Gasteiger charge is 2.24. The van der Waals surface area contributed by atoms with Crippen molar-refractivity contribution in [3.05, 3.63) is 77.0 Å². The molecule has 0 radical (unpaired) electrons. The zero-order chi connectivity index (χ0) is 28.4. The lowest BCUT2D eigenvalue weighted by molar-refractivity contribution is 0.195. The number of aromatic nitrogens is 4. The van der Waals surface area contributed by atoms with Gasteiger partial charge in [0.1, 0.15) is 13.2 Å². The van der Waals surface area contributed by atoms with Crippen LogP contribution >= 0.6 is 15.9 Å². The molecule has 0 atom stereocenters. The maximum absolute atomic E-state index is 13.0. The molecule has 210 valence electrons. The number of nitrogens with one attached hydrogen (secondary N) is 2. The van der Waals surface area contributed by atoms with E-state index in [1.54, 1.807) is 48.8 Å². The molecule has 0 saturated carbocycles. The monoisotopic (exact) mass is 632 g/mol. The Hall–Kier alpha value is -4.21. The van der Waals surface area contributed by atoms with E-state index in [1.807, 2.05) is 18.2 Å². The van der Waals surface area contributed by atoms with Gasteiger partial charge in [0.2, 0.25) is 5.75 Å². The molecular weight excluding hydrogens is 608 g/mol. The van der Waals surface area contributed by atoms with Gasteiger partial charge in [-0.25, -0.2) is 9.97 Å². The number of halogens is 1. The van der Waals surface area contributed by atoms with Crippen LogP contribution in [0.5, 0.6) is 35.1 Å². The normalized spacial score (nSPS) is 11.0. The van der Waals surface area contributed by atoms with Gasteiger partial charge in [0.05, 0.1) is 18.7 Å². The van der Waals surface area contributed by atoms with E-state index in [9.17, 15) is 8.42 Å². The van der Waals surface area contributed by atoms with Crippen LogP contribution in [0, 0.1) is 0 Å².